The van der Waals surface area contributed by atoms with Gasteiger partial charge in [0, 0.05) is 33.6 Å². The lowest BCUT2D eigenvalue weighted by Gasteiger charge is -2.37. The van der Waals surface area contributed by atoms with Gasteiger partial charge in [-0.15, -0.1) is 11.3 Å². The van der Waals surface area contributed by atoms with Gasteiger partial charge in [-0.2, -0.15) is 0 Å². The Labute approximate surface area is 333 Å². The van der Waals surface area contributed by atoms with Gasteiger partial charge in [0.15, 0.2) is 0 Å². The number of fused-ring (bicyclic) bond motifs is 5. The van der Waals surface area contributed by atoms with Crippen molar-refractivity contribution in [2.45, 2.75) is 12.3 Å². The van der Waals surface area contributed by atoms with Crippen LogP contribution < -0.4 is 4.90 Å². The molecule has 2 unspecified atom stereocenters. The first kappa shape index (κ1) is 34.0. The Hall–Kier alpha value is -6.48. The van der Waals surface area contributed by atoms with Gasteiger partial charge in [0.2, 0.25) is 0 Å². The molecule has 10 rings (SSSR count). The summed E-state index contributed by atoms with van der Waals surface area (Å²) < 4.78 is 1.32. The highest BCUT2D eigenvalue weighted by molar-refractivity contribution is 7.17. The first-order valence-corrected chi connectivity index (χ1v) is 20.4. The molecule has 2 atom stereocenters. The van der Waals surface area contributed by atoms with Crippen molar-refractivity contribution >= 4 is 44.4 Å². The molecule has 2 heteroatoms. The Morgan fingerprint density at radius 2 is 1.30 bits per heavy atom. The third-order valence-electron chi connectivity index (χ3n) is 11.8. The zero-order valence-electron chi connectivity index (χ0n) is 31.3. The topological polar surface area (TPSA) is 3.24 Å². The summed E-state index contributed by atoms with van der Waals surface area (Å²) in [6.45, 7) is 2.21. The summed E-state index contributed by atoms with van der Waals surface area (Å²) in [6, 6.07) is 56.0. The highest BCUT2D eigenvalue weighted by Gasteiger charge is 2.45. The molecule has 1 nitrogen and oxygen atoms in total. The normalized spacial score (nSPS) is 17.8. The van der Waals surface area contributed by atoms with E-state index in [9.17, 15) is 0 Å². The summed E-state index contributed by atoms with van der Waals surface area (Å²) in [6.07, 6.45) is 22.5. The molecule has 7 aromatic rings. The van der Waals surface area contributed by atoms with Gasteiger partial charge >= 0.3 is 0 Å². The number of hydrogen-bond donors (Lipinski definition) is 0. The Bertz CT molecular complexity index is 2720. The third-order valence-corrected chi connectivity index (χ3v) is 12.8. The van der Waals surface area contributed by atoms with Crippen LogP contribution in [0, 0.1) is 11.8 Å². The lowest BCUT2D eigenvalue weighted by atomic mass is 9.67. The van der Waals surface area contributed by atoms with Crippen molar-refractivity contribution < 1.29 is 0 Å². The fraction of sp³-hybridized carbons (Fsp3) is 0.0741. The quantitative estimate of drug-likeness (QED) is 0.140. The first-order valence-electron chi connectivity index (χ1n) is 19.5. The molecule has 6 aromatic carbocycles. The summed E-state index contributed by atoms with van der Waals surface area (Å²) in [5, 5.41) is 3.55. The summed E-state index contributed by atoms with van der Waals surface area (Å²) in [5.41, 5.74) is 14.6. The molecule has 3 aliphatic carbocycles. The minimum Gasteiger partial charge on any atom is -0.314 e. The van der Waals surface area contributed by atoms with Gasteiger partial charge in [-0.05, 0) is 104 Å². The van der Waals surface area contributed by atoms with Crippen LogP contribution in [0.5, 0.6) is 0 Å². The third kappa shape index (κ3) is 5.68. The highest BCUT2D eigenvalue weighted by Crippen LogP contribution is 2.56. The second kappa shape index (κ2) is 14.3. The van der Waals surface area contributed by atoms with Crippen LogP contribution in [0.25, 0.3) is 32.9 Å². The maximum Gasteiger partial charge on any atom is 0.0713 e. The number of benzene rings is 6. The molecular formula is C54H41NS. The van der Waals surface area contributed by atoms with E-state index in [0.29, 0.717) is 5.92 Å². The van der Waals surface area contributed by atoms with Crippen LogP contribution >= 0.6 is 11.3 Å². The molecule has 1 aromatic heterocycles. The SMILES string of the molecule is C/C(=C\C=C/c1csc2ccccc12)c1cccc(N(C2=CC=CC3C=CC=CC23)c2ccc(C3(c4ccccc4)c4ccccc4-c4ccccc43)cc2)c1. The first-order chi connectivity index (χ1) is 27.7. The summed E-state index contributed by atoms with van der Waals surface area (Å²) >= 11 is 1.80. The van der Waals surface area contributed by atoms with Gasteiger partial charge in [-0.25, -0.2) is 0 Å². The molecule has 56 heavy (non-hydrogen) atoms. The van der Waals surface area contributed by atoms with Crippen molar-refractivity contribution in [1.82, 2.24) is 0 Å². The average Bonchev–Trinajstić information content (AvgIpc) is 3.82. The van der Waals surface area contributed by atoms with Crippen LogP contribution in [0.15, 0.2) is 217 Å². The predicted molar refractivity (Wildman–Crippen MR) is 239 cm³/mol. The smallest absolute Gasteiger partial charge is 0.0713 e. The largest absolute Gasteiger partial charge is 0.314 e. The minimum atomic E-state index is -0.433. The van der Waals surface area contributed by atoms with Crippen molar-refractivity contribution in [3.63, 3.8) is 0 Å². The monoisotopic (exact) mass is 735 g/mol. The van der Waals surface area contributed by atoms with Crippen LogP contribution in [-0.4, -0.2) is 0 Å². The van der Waals surface area contributed by atoms with E-state index in [-0.39, 0.29) is 5.92 Å². The number of anilines is 2. The predicted octanol–water partition coefficient (Wildman–Crippen LogP) is 14.3. The molecule has 0 radical (unpaired) electrons. The summed E-state index contributed by atoms with van der Waals surface area (Å²) in [7, 11) is 0. The van der Waals surface area contributed by atoms with E-state index < -0.39 is 5.41 Å². The minimum absolute atomic E-state index is 0.234. The molecule has 0 spiro atoms. The summed E-state index contributed by atoms with van der Waals surface area (Å²) in [4.78, 5) is 2.48. The van der Waals surface area contributed by atoms with Crippen molar-refractivity contribution in [2.24, 2.45) is 11.8 Å². The van der Waals surface area contributed by atoms with Crippen LogP contribution in [0.3, 0.4) is 0 Å². The van der Waals surface area contributed by atoms with E-state index >= 15 is 0 Å². The van der Waals surface area contributed by atoms with Gasteiger partial charge in [0.25, 0.3) is 0 Å². The van der Waals surface area contributed by atoms with Crippen molar-refractivity contribution in [3.8, 4) is 11.1 Å². The molecule has 0 bridgehead atoms. The standard InChI is InChI=1S/C54H41NS/c1-38(16-13-20-41-37-56-53-31-12-9-25-47(41)53)40-19-14-23-45(36-40)55(52-30-15-18-39-17-5-6-24-46(39)52)44-34-32-43(33-35-44)54(42-21-3-2-4-22-42)50-28-10-7-26-48(50)49-27-8-11-29-51(49)54/h2-37,39,46H,1H3/b20-13-,38-16+. The zero-order valence-corrected chi connectivity index (χ0v) is 32.1. The van der Waals surface area contributed by atoms with Crippen LogP contribution in [0.2, 0.25) is 0 Å². The molecular weight excluding hydrogens is 695 g/mol. The van der Waals surface area contributed by atoms with Crippen LogP contribution in [-0.2, 0) is 5.41 Å². The van der Waals surface area contributed by atoms with Gasteiger partial charge in [0.05, 0.1) is 5.41 Å². The molecule has 0 N–H and O–H groups in total. The lowest BCUT2D eigenvalue weighted by Crippen LogP contribution is -2.29. The molecule has 0 aliphatic heterocycles. The maximum atomic E-state index is 2.48. The zero-order chi connectivity index (χ0) is 37.5. The van der Waals surface area contributed by atoms with Crippen LogP contribution in [0.4, 0.5) is 11.4 Å². The van der Waals surface area contributed by atoms with Gasteiger partial charge in [-0.3, -0.25) is 0 Å². The average molecular weight is 736 g/mol. The number of allylic oxidation sites excluding steroid dienone is 10. The van der Waals surface area contributed by atoms with Gasteiger partial charge in [-0.1, -0.05) is 176 Å². The Morgan fingerprint density at radius 1 is 0.625 bits per heavy atom. The van der Waals surface area contributed by atoms with Gasteiger partial charge < -0.3 is 4.90 Å². The molecule has 1 heterocycles. The van der Waals surface area contributed by atoms with Crippen molar-refractivity contribution in [3.05, 3.63) is 251 Å². The molecule has 0 fully saturated rings. The number of rotatable bonds is 8. The van der Waals surface area contributed by atoms with E-state index in [4.69, 9.17) is 0 Å². The molecule has 0 saturated heterocycles. The Kier molecular flexibility index (Phi) is 8.70. The fourth-order valence-electron chi connectivity index (χ4n) is 9.15. The van der Waals surface area contributed by atoms with E-state index in [0.717, 1.165) is 11.4 Å². The number of nitrogens with zero attached hydrogens (tertiary/aromatic N) is 1. The molecule has 0 saturated carbocycles. The fourth-order valence-corrected chi connectivity index (χ4v) is 10.1. The van der Waals surface area contributed by atoms with E-state index in [2.05, 4.69) is 230 Å². The van der Waals surface area contributed by atoms with E-state index in [1.807, 2.05) is 0 Å². The summed E-state index contributed by atoms with van der Waals surface area (Å²) in [5.74, 6) is 0.551. The Morgan fingerprint density at radius 3 is 2.11 bits per heavy atom. The molecule has 3 aliphatic rings. The second-order valence-corrected chi connectivity index (χ2v) is 15.8. The second-order valence-electron chi connectivity index (χ2n) is 14.9. The van der Waals surface area contributed by atoms with Crippen molar-refractivity contribution in [2.75, 3.05) is 4.90 Å². The highest BCUT2D eigenvalue weighted by atomic mass is 32.1. The van der Waals surface area contributed by atoms with E-state index in [1.54, 1.807) is 11.3 Å². The van der Waals surface area contributed by atoms with Crippen LogP contribution in [0.1, 0.15) is 40.3 Å². The van der Waals surface area contributed by atoms with E-state index in [1.165, 1.54) is 65.9 Å². The maximum absolute atomic E-state index is 2.48. The Balaban J connectivity index is 1.08. The lowest BCUT2D eigenvalue weighted by molar-refractivity contribution is 0.612. The van der Waals surface area contributed by atoms with Gasteiger partial charge in [0.1, 0.15) is 0 Å². The number of hydrogen-bond acceptors (Lipinski definition) is 2. The van der Waals surface area contributed by atoms with Crippen molar-refractivity contribution in [1.29, 1.82) is 0 Å². The molecule has 268 valence electrons. The molecule has 0 amide bonds. The number of thiophene rings is 1.